The second-order valence-electron chi connectivity index (χ2n) is 7.29. The van der Waals surface area contributed by atoms with Crippen LogP contribution in [0.2, 0.25) is 0 Å². The normalized spacial score (nSPS) is 16.9. The molecule has 1 fully saturated rings. The third-order valence-corrected chi connectivity index (χ3v) is 5.56. The third kappa shape index (κ3) is 6.11. The Balaban J connectivity index is 1.83. The van der Waals surface area contributed by atoms with Gasteiger partial charge in [-0.1, -0.05) is 6.07 Å². The average Bonchev–Trinajstić information content (AvgIpc) is 2.46. The summed E-state index contributed by atoms with van der Waals surface area (Å²) in [5, 5.41) is 0. The Kier molecular flexibility index (Phi) is 5.85. The van der Waals surface area contributed by atoms with Gasteiger partial charge in [-0.2, -0.15) is 0 Å². The molecule has 0 bridgehead atoms. The summed E-state index contributed by atoms with van der Waals surface area (Å²) in [5.41, 5.74) is 0.0589. The molecule has 0 radical (unpaired) electrons. The van der Waals surface area contributed by atoms with Gasteiger partial charge in [-0.25, -0.2) is 13.2 Å². The van der Waals surface area contributed by atoms with E-state index in [0.29, 0.717) is 31.6 Å². The molecule has 1 aliphatic rings. The van der Waals surface area contributed by atoms with E-state index in [9.17, 15) is 13.2 Å². The van der Waals surface area contributed by atoms with Crippen molar-refractivity contribution in [3.05, 3.63) is 30.1 Å². The molecule has 1 aromatic rings. The summed E-state index contributed by atoms with van der Waals surface area (Å²) in [6.45, 7) is 6.59. The molecule has 0 spiro atoms. The first-order valence-corrected chi connectivity index (χ1v) is 10.0. The van der Waals surface area contributed by atoms with Gasteiger partial charge in [0.25, 0.3) is 0 Å². The van der Waals surface area contributed by atoms with Crippen molar-refractivity contribution in [2.24, 2.45) is 5.92 Å². The zero-order valence-corrected chi connectivity index (χ0v) is 15.4. The van der Waals surface area contributed by atoms with Crippen LogP contribution in [0.5, 0.6) is 0 Å². The topological polar surface area (TPSA) is 76.6 Å². The van der Waals surface area contributed by atoms with Crippen LogP contribution in [0.4, 0.5) is 4.79 Å². The van der Waals surface area contributed by atoms with Crippen molar-refractivity contribution in [1.82, 2.24) is 9.88 Å². The summed E-state index contributed by atoms with van der Waals surface area (Å²) >= 11 is 0. The van der Waals surface area contributed by atoms with E-state index in [1.54, 1.807) is 29.3 Å². The van der Waals surface area contributed by atoms with Crippen LogP contribution in [-0.2, 0) is 20.3 Å². The molecule has 2 rings (SSSR count). The van der Waals surface area contributed by atoms with E-state index in [0.717, 1.165) is 0 Å². The quantitative estimate of drug-likeness (QED) is 0.831. The molecule has 1 aromatic heterocycles. The van der Waals surface area contributed by atoms with Gasteiger partial charge in [0.05, 0.1) is 17.2 Å². The predicted molar refractivity (Wildman–Crippen MR) is 92.3 cm³/mol. The van der Waals surface area contributed by atoms with E-state index in [4.69, 9.17) is 4.74 Å². The van der Waals surface area contributed by atoms with Crippen molar-refractivity contribution in [3.8, 4) is 0 Å². The Hall–Kier alpha value is -1.63. The van der Waals surface area contributed by atoms with Crippen LogP contribution >= 0.6 is 0 Å². The van der Waals surface area contributed by atoms with E-state index < -0.39 is 15.4 Å². The Labute approximate surface area is 144 Å². The van der Waals surface area contributed by atoms with Gasteiger partial charge in [-0.3, -0.25) is 4.98 Å². The molecule has 24 heavy (non-hydrogen) atoms. The standard InChI is InChI=1S/C17H26N2O4S/c1-17(2,3)23-16(20)19-10-7-14(8-11-19)12-24(21,22)13-15-6-4-5-9-18-15/h4-6,9,14H,7-8,10-13H2,1-3H3. The summed E-state index contributed by atoms with van der Waals surface area (Å²) < 4.78 is 30.0. The Bertz CT molecular complexity index is 645. The molecule has 0 atom stereocenters. The summed E-state index contributed by atoms with van der Waals surface area (Å²) in [5.74, 6) is 0.198. The van der Waals surface area contributed by atoms with Crippen molar-refractivity contribution < 1.29 is 17.9 Å². The van der Waals surface area contributed by atoms with Gasteiger partial charge >= 0.3 is 6.09 Å². The number of rotatable bonds is 4. The molecular weight excluding hydrogens is 328 g/mol. The van der Waals surface area contributed by atoms with Crippen LogP contribution in [0.25, 0.3) is 0 Å². The monoisotopic (exact) mass is 354 g/mol. The highest BCUT2D eigenvalue weighted by Gasteiger charge is 2.29. The van der Waals surface area contributed by atoms with E-state index in [-0.39, 0.29) is 23.5 Å². The lowest BCUT2D eigenvalue weighted by atomic mass is 9.99. The number of piperidine rings is 1. The van der Waals surface area contributed by atoms with Crippen molar-refractivity contribution >= 4 is 15.9 Å². The summed E-state index contributed by atoms with van der Waals surface area (Å²) in [7, 11) is -3.20. The molecule has 0 N–H and O–H groups in total. The van der Waals surface area contributed by atoms with Crippen molar-refractivity contribution in [3.63, 3.8) is 0 Å². The van der Waals surface area contributed by atoms with Gasteiger partial charge in [-0.05, 0) is 51.7 Å². The lowest BCUT2D eigenvalue weighted by Gasteiger charge is -2.33. The number of hydrogen-bond acceptors (Lipinski definition) is 5. The van der Waals surface area contributed by atoms with Crippen LogP contribution in [0.3, 0.4) is 0 Å². The smallest absolute Gasteiger partial charge is 0.410 e. The van der Waals surface area contributed by atoms with Gasteiger partial charge in [-0.15, -0.1) is 0 Å². The highest BCUT2D eigenvalue weighted by atomic mass is 32.2. The Morgan fingerprint density at radius 2 is 1.96 bits per heavy atom. The number of nitrogens with zero attached hydrogens (tertiary/aromatic N) is 2. The molecule has 0 unspecified atom stereocenters. The summed E-state index contributed by atoms with van der Waals surface area (Å²) in [6, 6.07) is 5.28. The fourth-order valence-corrected chi connectivity index (χ4v) is 4.53. The Morgan fingerprint density at radius 1 is 1.29 bits per heavy atom. The number of hydrogen-bond donors (Lipinski definition) is 0. The zero-order chi connectivity index (χ0) is 17.8. The van der Waals surface area contributed by atoms with Gasteiger partial charge in [0, 0.05) is 19.3 Å². The largest absolute Gasteiger partial charge is 0.444 e. The SMILES string of the molecule is CC(C)(C)OC(=O)N1CCC(CS(=O)(=O)Cc2ccccn2)CC1. The molecule has 6 nitrogen and oxygen atoms in total. The van der Waals surface area contributed by atoms with Crippen LogP contribution in [0.1, 0.15) is 39.3 Å². The van der Waals surface area contributed by atoms with Gasteiger partial charge < -0.3 is 9.64 Å². The summed E-state index contributed by atoms with van der Waals surface area (Å²) in [6.07, 6.45) is 2.64. The maximum atomic E-state index is 12.3. The lowest BCUT2D eigenvalue weighted by Crippen LogP contribution is -2.42. The van der Waals surface area contributed by atoms with Crippen LogP contribution in [0, 0.1) is 5.92 Å². The molecule has 134 valence electrons. The van der Waals surface area contributed by atoms with E-state index in [1.807, 2.05) is 20.8 Å². The fraction of sp³-hybridized carbons (Fsp3) is 0.647. The zero-order valence-electron chi connectivity index (χ0n) is 14.6. The molecule has 1 saturated heterocycles. The number of pyridine rings is 1. The number of amides is 1. The second kappa shape index (κ2) is 7.51. The van der Waals surface area contributed by atoms with E-state index in [2.05, 4.69) is 4.98 Å². The van der Waals surface area contributed by atoms with E-state index in [1.165, 1.54) is 0 Å². The first kappa shape index (κ1) is 18.7. The molecular formula is C17H26N2O4S. The van der Waals surface area contributed by atoms with Crippen molar-refractivity contribution in [2.75, 3.05) is 18.8 Å². The number of likely N-dealkylation sites (tertiary alicyclic amines) is 1. The number of ether oxygens (including phenoxy) is 1. The fourth-order valence-electron chi connectivity index (χ4n) is 2.74. The Morgan fingerprint density at radius 3 is 2.50 bits per heavy atom. The summed E-state index contributed by atoms with van der Waals surface area (Å²) in [4.78, 5) is 17.8. The van der Waals surface area contributed by atoms with Crippen LogP contribution < -0.4 is 0 Å². The maximum absolute atomic E-state index is 12.3. The number of carbonyl (C=O) groups is 1. The number of sulfone groups is 1. The lowest BCUT2D eigenvalue weighted by molar-refractivity contribution is 0.0191. The minimum atomic E-state index is -3.20. The van der Waals surface area contributed by atoms with E-state index >= 15 is 0 Å². The molecule has 0 aliphatic carbocycles. The second-order valence-corrected chi connectivity index (χ2v) is 9.40. The first-order valence-electron chi connectivity index (χ1n) is 8.23. The highest BCUT2D eigenvalue weighted by Crippen LogP contribution is 2.22. The minimum absolute atomic E-state index is 0.0277. The van der Waals surface area contributed by atoms with Gasteiger partial charge in [0.2, 0.25) is 0 Å². The molecule has 1 aliphatic heterocycles. The maximum Gasteiger partial charge on any atom is 0.410 e. The van der Waals surface area contributed by atoms with Crippen molar-refractivity contribution in [2.45, 2.75) is 45.0 Å². The molecule has 0 saturated carbocycles. The molecule has 7 heteroatoms. The van der Waals surface area contributed by atoms with Crippen LogP contribution in [-0.4, -0.2) is 48.8 Å². The van der Waals surface area contributed by atoms with Gasteiger partial charge in [0.1, 0.15) is 5.60 Å². The van der Waals surface area contributed by atoms with Crippen molar-refractivity contribution in [1.29, 1.82) is 0 Å². The molecule has 1 amide bonds. The number of carbonyl (C=O) groups excluding carboxylic acids is 1. The first-order chi connectivity index (χ1) is 11.1. The average molecular weight is 354 g/mol. The molecule has 2 heterocycles. The minimum Gasteiger partial charge on any atom is -0.444 e. The predicted octanol–water partition coefficient (Wildman–Crippen LogP) is 2.64. The third-order valence-electron chi connectivity index (χ3n) is 3.85. The van der Waals surface area contributed by atoms with Crippen LogP contribution in [0.15, 0.2) is 24.4 Å². The van der Waals surface area contributed by atoms with Gasteiger partial charge in [0.15, 0.2) is 9.84 Å². The number of aromatic nitrogens is 1. The molecule has 0 aromatic carbocycles. The highest BCUT2D eigenvalue weighted by molar-refractivity contribution is 7.90.